The van der Waals surface area contributed by atoms with Crippen LogP contribution in [0.4, 0.5) is 5.69 Å². The standard InChI is InChI=1S/C28H29N3O4S2/c1-16(2)22-13-18-23(14-35-22)37-26-25(18)27(33)31(20-11-7-5-9-17(20)3)28(30-26)36-15-24(32)29-19-10-6-8-12-21(19)34-4/h5-12,16,22H,13-15H2,1-4H3,(H,29,32)/t22-/m1/s1. The molecule has 0 saturated carbocycles. The summed E-state index contributed by atoms with van der Waals surface area (Å²) in [6.45, 7) is 6.74. The molecule has 2 aromatic carbocycles. The number of amides is 1. The summed E-state index contributed by atoms with van der Waals surface area (Å²) in [6, 6.07) is 15.0. The van der Waals surface area contributed by atoms with E-state index in [4.69, 9.17) is 14.5 Å². The summed E-state index contributed by atoms with van der Waals surface area (Å²) in [6.07, 6.45) is 0.773. The largest absolute Gasteiger partial charge is 0.495 e. The Hall–Kier alpha value is -3.14. The van der Waals surface area contributed by atoms with E-state index in [9.17, 15) is 9.59 Å². The van der Waals surface area contributed by atoms with Crippen molar-refractivity contribution < 1.29 is 14.3 Å². The zero-order valence-electron chi connectivity index (χ0n) is 21.2. The van der Waals surface area contributed by atoms with Crippen molar-refractivity contribution in [1.82, 2.24) is 9.55 Å². The maximum absolute atomic E-state index is 14.1. The highest BCUT2D eigenvalue weighted by Crippen LogP contribution is 2.36. The topological polar surface area (TPSA) is 82.5 Å². The number of benzene rings is 2. The van der Waals surface area contributed by atoms with E-state index in [1.807, 2.05) is 43.3 Å². The van der Waals surface area contributed by atoms with E-state index in [1.54, 1.807) is 23.8 Å². The second-order valence-corrected chi connectivity index (χ2v) is 11.4. The third-order valence-corrected chi connectivity index (χ3v) is 8.56. The smallest absolute Gasteiger partial charge is 0.267 e. The van der Waals surface area contributed by atoms with E-state index in [0.29, 0.717) is 45.8 Å². The minimum absolute atomic E-state index is 0.0735. The fourth-order valence-electron chi connectivity index (χ4n) is 4.52. The minimum Gasteiger partial charge on any atom is -0.495 e. The van der Waals surface area contributed by atoms with Gasteiger partial charge in [-0.3, -0.25) is 14.2 Å². The molecule has 1 N–H and O–H groups in total. The number of hydrogen-bond donors (Lipinski definition) is 1. The molecule has 5 rings (SSSR count). The molecule has 0 radical (unpaired) electrons. The number of rotatable bonds is 7. The van der Waals surface area contributed by atoms with Gasteiger partial charge in [-0.15, -0.1) is 11.3 Å². The molecule has 1 amide bonds. The number of thiophene rings is 1. The Balaban J connectivity index is 1.54. The van der Waals surface area contributed by atoms with E-state index in [1.165, 1.54) is 23.1 Å². The Morgan fingerprint density at radius 1 is 1.24 bits per heavy atom. The van der Waals surface area contributed by atoms with Gasteiger partial charge in [0.25, 0.3) is 5.56 Å². The number of anilines is 1. The zero-order valence-corrected chi connectivity index (χ0v) is 22.9. The molecular weight excluding hydrogens is 506 g/mol. The molecule has 3 heterocycles. The monoisotopic (exact) mass is 535 g/mol. The fourth-order valence-corrected chi connectivity index (χ4v) is 6.49. The number of aromatic nitrogens is 2. The fraction of sp³-hybridized carbons (Fsp3) is 0.321. The number of methoxy groups -OCH3 is 1. The van der Waals surface area contributed by atoms with E-state index >= 15 is 0 Å². The molecule has 1 aliphatic heterocycles. The van der Waals surface area contributed by atoms with E-state index in [-0.39, 0.29) is 23.3 Å². The van der Waals surface area contributed by atoms with Gasteiger partial charge >= 0.3 is 0 Å². The van der Waals surface area contributed by atoms with Crippen molar-refractivity contribution in [2.75, 3.05) is 18.2 Å². The predicted octanol–water partition coefficient (Wildman–Crippen LogP) is 5.59. The maximum atomic E-state index is 14.1. The van der Waals surface area contributed by atoms with Gasteiger partial charge in [0, 0.05) is 11.3 Å². The summed E-state index contributed by atoms with van der Waals surface area (Å²) in [5, 5.41) is 4.05. The number of ether oxygens (including phenoxy) is 2. The molecule has 192 valence electrons. The number of carbonyl (C=O) groups is 1. The summed E-state index contributed by atoms with van der Waals surface area (Å²) < 4.78 is 13.1. The average Bonchev–Trinajstić information content (AvgIpc) is 3.26. The van der Waals surface area contributed by atoms with Crippen LogP contribution in [0.2, 0.25) is 0 Å². The lowest BCUT2D eigenvalue weighted by atomic mass is 9.96. The van der Waals surface area contributed by atoms with Crippen LogP contribution in [0.15, 0.2) is 58.5 Å². The quantitative estimate of drug-likeness (QED) is 0.245. The SMILES string of the molecule is COc1ccccc1NC(=O)CSc1nc2sc3c(c2c(=O)n1-c1ccccc1C)C[C@H](C(C)C)OC3. The number of hydrogen-bond acceptors (Lipinski definition) is 7. The van der Waals surface area contributed by atoms with Crippen LogP contribution in [0.1, 0.15) is 29.9 Å². The van der Waals surface area contributed by atoms with Crippen LogP contribution in [-0.4, -0.2) is 34.4 Å². The summed E-state index contributed by atoms with van der Waals surface area (Å²) in [7, 11) is 1.56. The molecule has 2 aromatic heterocycles. The van der Waals surface area contributed by atoms with Crippen LogP contribution in [0.5, 0.6) is 5.75 Å². The molecule has 7 nitrogen and oxygen atoms in total. The van der Waals surface area contributed by atoms with Gasteiger partial charge in [0.05, 0.1) is 42.3 Å². The van der Waals surface area contributed by atoms with E-state index in [0.717, 1.165) is 21.7 Å². The number of para-hydroxylation sites is 3. The molecule has 0 spiro atoms. The molecule has 1 atom stereocenters. The number of nitrogens with zero attached hydrogens (tertiary/aromatic N) is 2. The molecule has 1 aliphatic rings. The van der Waals surface area contributed by atoms with Gasteiger partial charge in [-0.25, -0.2) is 4.98 Å². The second-order valence-electron chi connectivity index (χ2n) is 9.34. The van der Waals surface area contributed by atoms with Gasteiger partial charge in [-0.05, 0) is 42.2 Å². The Morgan fingerprint density at radius 3 is 2.76 bits per heavy atom. The Kier molecular flexibility index (Phi) is 7.37. The summed E-state index contributed by atoms with van der Waals surface area (Å²) >= 11 is 2.76. The number of nitrogens with one attached hydrogen (secondary N) is 1. The molecule has 0 saturated heterocycles. The number of aryl methyl sites for hydroxylation is 1. The first-order chi connectivity index (χ1) is 17.9. The van der Waals surface area contributed by atoms with Gasteiger partial charge in [0.1, 0.15) is 10.6 Å². The Bertz CT molecular complexity index is 1530. The van der Waals surface area contributed by atoms with Gasteiger partial charge in [0.15, 0.2) is 5.16 Å². The van der Waals surface area contributed by atoms with Crippen molar-refractivity contribution in [2.45, 2.75) is 45.1 Å². The lowest BCUT2D eigenvalue weighted by Gasteiger charge is -2.26. The molecule has 0 fully saturated rings. The average molecular weight is 536 g/mol. The van der Waals surface area contributed by atoms with Crippen LogP contribution in [0.3, 0.4) is 0 Å². The van der Waals surface area contributed by atoms with Gasteiger partial charge in [-0.1, -0.05) is 55.9 Å². The highest BCUT2D eigenvalue weighted by molar-refractivity contribution is 7.99. The lowest BCUT2D eigenvalue weighted by Crippen LogP contribution is -2.28. The van der Waals surface area contributed by atoms with Crippen molar-refractivity contribution in [3.05, 3.63) is 74.9 Å². The van der Waals surface area contributed by atoms with Crippen molar-refractivity contribution in [1.29, 1.82) is 0 Å². The third kappa shape index (κ3) is 5.03. The lowest BCUT2D eigenvalue weighted by molar-refractivity contribution is -0.113. The summed E-state index contributed by atoms with van der Waals surface area (Å²) in [4.78, 5) is 33.6. The number of fused-ring (bicyclic) bond motifs is 3. The van der Waals surface area contributed by atoms with Crippen molar-refractivity contribution >= 4 is 44.9 Å². The molecule has 0 bridgehead atoms. The van der Waals surface area contributed by atoms with Crippen molar-refractivity contribution in [3.8, 4) is 11.4 Å². The molecule has 37 heavy (non-hydrogen) atoms. The van der Waals surface area contributed by atoms with Crippen LogP contribution >= 0.6 is 23.1 Å². The molecule has 0 unspecified atom stereocenters. The normalized spacial score (nSPS) is 15.1. The molecule has 4 aromatic rings. The first-order valence-electron chi connectivity index (χ1n) is 12.2. The van der Waals surface area contributed by atoms with Gasteiger partial charge in [-0.2, -0.15) is 0 Å². The van der Waals surface area contributed by atoms with Crippen molar-refractivity contribution in [2.24, 2.45) is 5.92 Å². The summed E-state index contributed by atoms with van der Waals surface area (Å²) in [5.41, 5.74) is 3.27. The van der Waals surface area contributed by atoms with Crippen LogP contribution < -0.4 is 15.6 Å². The van der Waals surface area contributed by atoms with Gasteiger partial charge in [0.2, 0.25) is 5.91 Å². The van der Waals surface area contributed by atoms with E-state index < -0.39 is 0 Å². The minimum atomic E-state index is -0.209. The highest BCUT2D eigenvalue weighted by Gasteiger charge is 2.29. The molecular formula is C28H29N3O4S2. The highest BCUT2D eigenvalue weighted by atomic mass is 32.2. The molecule has 9 heteroatoms. The van der Waals surface area contributed by atoms with Gasteiger partial charge < -0.3 is 14.8 Å². The first kappa shape index (κ1) is 25.5. The Labute approximate surface area is 223 Å². The zero-order chi connectivity index (χ0) is 26.1. The Morgan fingerprint density at radius 2 is 2.00 bits per heavy atom. The number of carbonyl (C=O) groups excluding carboxylic acids is 1. The van der Waals surface area contributed by atoms with Crippen LogP contribution in [0, 0.1) is 12.8 Å². The maximum Gasteiger partial charge on any atom is 0.267 e. The number of thioether (sulfide) groups is 1. The first-order valence-corrected chi connectivity index (χ1v) is 14.0. The van der Waals surface area contributed by atoms with Crippen LogP contribution in [-0.2, 0) is 22.6 Å². The van der Waals surface area contributed by atoms with Crippen LogP contribution in [0.25, 0.3) is 15.9 Å². The third-order valence-electron chi connectivity index (χ3n) is 6.52. The van der Waals surface area contributed by atoms with E-state index in [2.05, 4.69) is 19.2 Å². The predicted molar refractivity (Wildman–Crippen MR) is 149 cm³/mol. The second kappa shape index (κ2) is 10.7. The molecule has 0 aliphatic carbocycles. The van der Waals surface area contributed by atoms with Crippen molar-refractivity contribution in [3.63, 3.8) is 0 Å². The summed E-state index contributed by atoms with van der Waals surface area (Å²) in [5.74, 6) is 0.819.